The van der Waals surface area contributed by atoms with Gasteiger partial charge in [0.2, 0.25) is 5.95 Å². The molecule has 7 heteroatoms. The van der Waals surface area contributed by atoms with Gasteiger partial charge in [-0.2, -0.15) is 0 Å². The lowest BCUT2D eigenvalue weighted by atomic mass is 10.1. The van der Waals surface area contributed by atoms with Crippen LogP contribution in [0.3, 0.4) is 0 Å². The summed E-state index contributed by atoms with van der Waals surface area (Å²) in [7, 11) is 3.81. The molecule has 0 unspecified atom stereocenters. The summed E-state index contributed by atoms with van der Waals surface area (Å²) in [5.41, 5.74) is 0.627. The third-order valence-corrected chi connectivity index (χ3v) is 4.06. The Balaban J connectivity index is 1.65. The summed E-state index contributed by atoms with van der Waals surface area (Å²) < 4.78 is 0. The molecule has 24 heavy (non-hydrogen) atoms. The minimum atomic E-state index is -0.0682. The number of carbonyl (C=O) groups excluding carboxylic acids is 1. The number of aromatic nitrogens is 3. The van der Waals surface area contributed by atoms with Crippen molar-refractivity contribution in [1.82, 2.24) is 20.3 Å². The van der Waals surface area contributed by atoms with E-state index in [-0.39, 0.29) is 11.9 Å². The smallest absolute Gasteiger partial charge is 0.251 e. The van der Waals surface area contributed by atoms with E-state index in [1.807, 2.05) is 19.0 Å². The molecule has 3 heterocycles. The highest BCUT2D eigenvalue weighted by molar-refractivity contribution is 5.95. The monoisotopic (exact) mass is 326 g/mol. The Hall–Kier alpha value is -2.70. The molecule has 7 nitrogen and oxygen atoms in total. The molecule has 0 bridgehead atoms. The number of rotatable bonds is 4. The summed E-state index contributed by atoms with van der Waals surface area (Å²) in [6, 6.07) is 5.43. The number of nitrogens with one attached hydrogen (secondary N) is 1. The highest BCUT2D eigenvalue weighted by Crippen LogP contribution is 2.16. The van der Waals surface area contributed by atoms with Crippen LogP contribution in [0.2, 0.25) is 0 Å². The van der Waals surface area contributed by atoms with Gasteiger partial charge in [0.1, 0.15) is 5.82 Å². The number of anilines is 2. The maximum atomic E-state index is 12.5. The first-order valence-electron chi connectivity index (χ1n) is 8.09. The van der Waals surface area contributed by atoms with Crippen molar-refractivity contribution >= 4 is 17.7 Å². The number of carbonyl (C=O) groups is 1. The molecule has 2 aromatic rings. The standard InChI is InChI=1S/C17H22N6O/c1-22(2)15-11-13(6-9-18-15)16(24)21-14-5-3-10-23(12-14)17-19-7-4-8-20-17/h4,6-9,11,14H,3,5,10,12H2,1-2H3,(H,21,24)/t14-/m0/s1. The maximum absolute atomic E-state index is 12.5. The van der Waals surface area contributed by atoms with Gasteiger partial charge in [0.05, 0.1) is 0 Å². The Morgan fingerprint density at radius 2 is 2.04 bits per heavy atom. The van der Waals surface area contributed by atoms with Gasteiger partial charge in [-0.25, -0.2) is 15.0 Å². The van der Waals surface area contributed by atoms with Crippen LogP contribution >= 0.6 is 0 Å². The summed E-state index contributed by atoms with van der Waals surface area (Å²) in [5, 5.41) is 3.12. The zero-order valence-electron chi connectivity index (χ0n) is 14.0. The molecule has 2 aromatic heterocycles. The lowest BCUT2D eigenvalue weighted by Crippen LogP contribution is -2.48. The maximum Gasteiger partial charge on any atom is 0.251 e. The summed E-state index contributed by atoms with van der Waals surface area (Å²) in [4.78, 5) is 29.3. The second kappa shape index (κ2) is 7.25. The number of nitrogens with zero attached hydrogens (tertiary/aromatic N) is 5. The minimum absolute atomic E-state index is 0.0682. The fraction of sp³-hybridized carbons (Fsp3) is 0.412. The van der Waals surface area contributed by atoms with Gasteiger partial charge in [-0.15, -0.1) is 0 Å². The second-order valence-electron chi connectivity index (χ2n) is 6.10. The van der Waals surface area contributed by atoms with Crippen molar-refractivity contribution < 1.29 is 4.79 Å². The lowest BCUT2D eigenvalue weighted by Gasteiger charge is -2.33. The van der Waals surface area contributed by atoms with E-state index < -0.39 is 0 Å². The van der Waals surface area contributed by atoms with E-state index in [9.17, 15) is 4.79 Å². The van der Waals surface area contributed by atoms with Crippen LogP contribution in [0.5, 0.6) is 0 Å². The lowest BCUT2D eigenvalue weighted by molar-refractivity contribution is 0.0933. The average Bonchev–Trinajstić information content (AvgIpc) is 2.63. The summed E-state index contributed by atoms with van der Waals surface area (Å²) in [6.45, 7) is 1.64. The normalized spacial score (nSPS) is 17.4. The number of hydrogen-bond donors (Lipinski definition) is 1. The fourth-order valence-corrected chi connectivity index (χ4v) is 2.80. The quantitative estimate of drug-likeness (QED) is 0.914. The van der Waals surface area contributed by atoms with Crippen molar-refractivity contribution in [3.8, 4) is 0 Å². The predicted molar refractivity (Wildman–Crippen MR) is 93.3 cm³/mol. The van der Waals surface area contributed by atoms with Crippen molar-refractivity contribution in [3.05, 3.63) is 42.4 Å². The molecule has 0 spiro atoms. The van der Waals surface area contributed by atoms with E-state index in [0.717, 1.165) is 37.7 Å². The largest absolute Gasteiger partial charge is 0.363 e. The number of amides is 1. The van der Waals surface area contributed by atoms with Crippen molar-refractivity contribution in [2.45, 2.75) is 18.9 Å². The highest BCUT2D eigenvalue weighted by Gasteiger charge is 2.23. The van der Waals surface area contributed by atoms with Gasteiger partial charge in [-0.1, -0.05) is 0 Å². The number of piperidine rings is 1. The van der Waals surface area contributed by atoms with E-state index in [1.165, 1.54) is 0 Å². The van der Waals surface area contributed by atoms with Gasteiger partial charge in [-0.3, -0.25) is 4.79 Å². The van der Waals surface area contributed by atoms with Crippen LogP contribution in [0, 0.1) is 0 Å². The molecule has 1 N–H and O–H groups in total. The van der Waals surface area contributed by atoms with E-state index in [2.05, 4.69) is 25.2 Å². The van der Waals surface area contributed by atoms with Crippen LogP contribution in [-0.2, 0) is 0 Å². The van der Waals surface area contributed by atoms with Crippen LogP contribution in [0.15, 0.2) is 36.8 Å². The first-order valence-corrected chi connectivity index (χ1v) is 8.09. The Morgan fingerprint density at radius 3 is 2.79 bits per heavy atom. The topological polar surface area (TPSA) is 74.2 Å². The fourth-order valence-electron chi connectivity index (χ4n) is 2.80. The molecule has 1 atom stereocenters. The zero-order valence-corrected chi connectivity index (χ0v) is 14.0. The van der Waals surface area contributed by atoms with Crippen LogP contribution in [0.1, 0.15) is 23.2 Å². The van der Waals surface area contributed by atoms with Gasteiger partial charge in [0.15, 0.2) is 0 Å². The first-order chi connectivity index (χ1) is 11.6. The third-order valence-electron chi connectivity index (χ3n) is 4.06. The average molecular weight is 326 g/mol. The van der Waals surface area contributed by atoms with Crippen molar-refractivity contribution in [1.29, 1.82) is 0 Å². The van der Waals surface area contributed by atoms with Crippen LogP contribution < -0.4 is 15.1 Å². The van der Waals surface area contributed by atoms with Gasteiger partial charge in [0, 0.05) is 57.4 Å². The molecule has 0 aromatic carbocycles. The van der Waals surface area contributed by atoms with Gasteiger partial charge in [-0.05, 0) is 31.0 Å². The van der Waals surface area contributed by atoms with Gasteiger partial charge in [0.25, 0.3) is 5.91 Å². The molecule has 1 saturated heterocycles. The van der Waals surface area contributed by atoms with E-state index in [4.69, 9.17) is 0 Å². The Bertz CT molecular complexity index is 690. The molecule has 1 amide bonds. The number of pyridine rings is 1. The van der Waals surface area contributed by atoms with Crippen LogP contribution in [0.4, 0.5) is 11.8 Å². The van der Waals surface area contributed by atoms with Gasteiger partial charge >= 0.3 is 0 Å². The van der Waals surface area contributed by atoms with E-state index in [0.29, 0.717) is 5.56 Å². The predicted octanol–water partition coefficient (Wildman–Crippen LogP) is 1.34. The van der Waals surface area contributed by atoms with E-state index in [1.54, 1.807) is 36.8 Å². The van der Waals surface area contributed by atoms with Crippen molar-refractivity contribution in [2.75, 3.05) is 37.0 Å². The highest BCUT2D eigenvalue weighted by atomic mass is 16.1. The van der Waals surface area contributed by atoms with E-state index >= 15 is 0 Å². The Morgan fingerprint density at radius 1 is 1.25 bits per heavy atom. The molecular formula is C17H22N6O. The second-order valence-corrected chi connectivity index (χ2v) is 6.10. The molecule has 1 aliphatic heterocycles. The third kappa shape index (κ3) is 3.79. The molecule has 3 rings (SSSR count). The molecule has 126 valence electrons. The molecule has 0 aliphatic carbocycles. The Labute approximate surface area is 141 Å². The summed E-state index contributed by atoms with van der Waals surface area (Å²) in [5.74, 6) is 1.42. The van der Waals surface area contributed by atoms with Crippen molar-refractivity contribution in [2.24, 2.45) is 0 Å². The van der Waals surface area contributed by atoms with Crippen LogP contribution in [-0.4, -0.2) is 54.1 Å². The van der Waals surface area contributed by atoms with Crippen LogP contribution in [0.25, 0.3) is 0 Å². The SMILES string of the molecule is CN(C)c1cc(C(=O)N[C@H]2CCCN(c3ncccn3)C2)ccn1. The molecule has 0 radical (unpaired) electrons. The summed E-state index contributed by atoms with van der Waals surface area (Å²) >= 11 is 0. The first kappa shape index (κ1) is 16.2. The Kier molecular flexibility index (Phi) is 4.88. The zero-order chi connectivity index (χ0) is 16.9. The molecular weight excluding hydrogens is 304 g/mol. The minimum Gasteiger partial charge on any atom is -0.363 e. The molecule has 0 saturated carbocycles. The summed E-state index contributed by atoms with van der Waals surface area (Å²) in [6.07, 6.45) is 7.10. The number of hydrogen-bond acceptors (Lipinski definition) is 6. The molecule has 1 fully saturated rings. The van der Waals surface area contributed by atoms with Gasteiger partial charge < -0.3 is 15.1 Å². The molecule has 1 aliphatic rings. The van der Waals surface area contributed by atoms with Crippen molar-refractivity contribution in [3.63, 3.8) is 0 Å².